The van der Waals surface area contributed by atoms with E-state index in [1.807, 2.05) is 49.0 Å². The maximum absolute atomic E-state index is 14.1. The second kappa shape index (κ2) is 11.4. The van der Waals surface area contributed by atoms with Crippen LogP contribution in [0.15, 0.2) is 60.9 Å². The van der Waals surface area contributed by atoms with E-state index in [-0.39, 0.29) is 18.3 Å². The van der Waals surface area contributed by atoms with Gasteiger partial charge in [0.15, 0.2) is 5.54 Å². The maximum Gasteiger partial charge on any atom is 0.413 e. The third kappa shape index (κ3) is 5.81. The van der Waals surface area contributed by atoms with Crippen LogP contribution in [-0.2, 0) is 7.05 Å². The van der Waals surface area contributed by atoms with Gasteiger partial charge in [0.25, 0.3) is 0 Å². The van der Waals surface area contributed by atoms with E-state index in [0.29, 0.717) is 45.1 Å². The van der Waals surface area contributed by atoms with Crippen molar-refractivity contribution in [2.24, 2.45) is 12.5 Å². The largest absolute Gasteiger partial charge is 0.413 e. The summed E-state index contributed by atoms with van der Waals surface area (Å²) in [5.41, 5.74) is 9.74. The van der Waals surface area contributed by atoms with E-state index in [4.69, 9.17) is 11.6 Å². The van der Waals surface area contributed by atoms with Gasteiger partial charge in [-0.3, -0.25) is 9.99 Å². The summed E-state index contributed by atoms with van der Waals surface area (Å²) in [6.45, 7) is 8.83. The summed E-state index contributed by atoms with van der Waals surface area (Å²) in [4.78, 5) is 8.99. The van der Waals surface area contributed by atoms with Crippen molar-refractivity contribution in [3.63, 3.8) is 0 Å². The van der Waals surface area contributed by atoms with Crippen molar-refractivity contribution in [2.75, 3.05) is 17.2 Å². The summed E-state index contributed by atoms with van der Waals surface area (Å²) in [6, 6.07) is 11.0. The van der Waals surface area contributed by atoms with Crippen LogP contribution in [0.1, 0.15) is 56.3 Å². The van der Waals surface area contributed by atoms with Crippen molar-refractivity contribution in [3.05, 3.63) is 82.7 Å². The fourth-order valence-electron chi connectivity index (χ4n) is 5.74. The molecule has 1 atom stereocenters. The lowest BCUT2D eigenvalue weighted by Crippen LogP contribution is -2.52. The van der Waals surface area contributed by atoms with Gasteiger partial charge in [0, 0.05) is 48.8 Å². The number of nitrogens with zero attached hydrogens (tertiary/aromatic N) is 5. The highest BCUT2D eigenvalue weighted by atomic mass is 35.5. The summed E-state index contributed by atoms with van der Waals surface area (Å²) in [7, 11) is 1.89. The third-order valence-electron chi connectivity index (χ3n) is 8.43. The molecule has 0 unspecified atom stereocenters. The van der Waals surface area contributed by atoms with Gasteiger partial charge in [-0.25, -0.2) is 4.98 Å². The highest BCUT2D eigenvalue weighted by Gasteiger charge is 2.67. The van der Waals surface area contributed by atoms with E-state index < -0.39 is 17.8 Å². The van der Waals surface area contributed by atoms with Crippen LogP contribution in [0.2, 0.25) is 5.02 Å². The Labute approximate surface area is 270 Å². The summed E-state index contributed by atoms with van der Waals surface area (Å²) in [6.07, 6.45) is 2.22. The number of benzene rings is 2. The van der Waals surface area contributed by atoms with Crippen LogP contribution in [0.3, 0.4) is 0 Å². The fourth-order valence-corrected chi connectivity index (χ4v) is 6.01. The average molecular weight is 650 g/mol. The van der Waals surface area contributed by atoms with E-state index in [0.717, 1.165) is 27.4 Å². The summed E-state index contributed by atoms with van der Waals surface area (Å²) in [5, 5.41) is 19.0. The number of alkyl halides is 3. The van der Waals surface area contributed by atoms with Crippen molar-refractivity contribution >= 4 is 33.9 Å². The number of rotatable bonds is 8. The number of imidazole rings is 1. The minimum absolute atomic E-state index is 0.0000951. The zero-order valence-electron chi connectivity index (χ0n) is 26.1. The molecule has 9 nitrogen and oxygen atoms in total. The van der Waals surface area contributed by atoms with E-state index in [2.05, 4.69) is 58.4 Å². The molecule has 2 aliphatic rings. The summed E-state index contributed by atoms with van der Waals surface area (Å²) >= 11 is 6.79. The van der Waals surface area contributed by atoms with Crippen LogP contribution in [0.4, 0.5) is 24.5 Å². The molecule has 6 rings (SSSR count). The van der Waals surface area contributed by atoms with E-state index in [1.165, 1.54) is 12.4 Å². The molecule has 4 aromatic rings. The molecule has 4 N–H and O–H groups in total. The molecule has 0 bridgehead atoms. The number of fused-ring (bicyclic) bond motifs is 1. The first-order valence-electron chi connectivity index (χ1n) is 14.9. The molecule has 0 amide bonds. The van der Waals surface area contributed by atoms with Gasteiger partial charge in [0.1, 0.15) is 6.07 Å². The van der Waals surface area contributed by atoms with Gasteiger partial charge in [0.05, 0.1) is 45.6 Å². The topological polar surface area (TPSA) is 106 Å². The number of hydrogen-bond acceptors (Lipinski definition) is 8. The lowest BCUT2D eigenvalue weighted by atomic mass is 9.93. The molecule has 0 radical (unpaired) electrons. The van der Waals surface area contributed by atoms with Crippen LogP contribution >= 0.6 is 11.6 Å². The lowest BCUT2D eigenvalue weighted by molar-refractivity contribution is -0.195. The van der Waals surface area contributed by atoms with Crippen molar-refractivity contribution in [1.29, 1.82) is 5.26 Å². The number of halogens is 4. The zero-order chi connectivity index (χ0) is 33.0. The zero-order valence-corrected chi connectivity index (χ0v) is 26.9. The van der Waals surface area contributed by atoms with Gasteiger partial charge in [-0.15, -0.1) is 5.53 Å². The first-order valence-corrected chi connectivity index (χ1v) is 15.3. The summed E-state index contributed by atoms with van der Waals surface area (Å²) < 4.78 is 44.1. The standard InChI is InChI=1S/C33H35ClF3N9/c1-19-22(26-15-45(5)18-41-26)7-6-8-23(19)30(27-16-46(44-43-27)32(9-10-32)33(35,36)37)42-21-11-24-28(40-17-31(2,3)4)20(13-38)14-39-29(24)25(34)12-21/h6-8,11-12,14-16,18,30,42-44H,9-10,17H2,1-5H3,(H,39,40)/t30-/m0/s1. The van der Waals surface area contributed by atoms with Gasteiger partial charge in [-0.05, 0) is 48.4 Å². The molecular weight excluding hydrogens is 615 g/mol. The Hall–Kier alpha value is -4.47. The van der Waals surface area contributed by atoms with Crippen molar-refractivity contribution in [1.82, 2.24) is 30.5 Å². The Balaban J connectivity index is 1.46. The van der Waals surface area contributed by atoms with Crippen LogP contribution in [-0.4, -0.2) is 37.8 Å². The molecule has 0 spiro atoms. The number of hydrogen-bond donors (Lipinski definition) is 4. The van der Waals surface area contributed by atoms with Crippen molar-refractivity contribution in [3.8, 4) is 17.3 Å². The molecule has 1 aliphatic carbocycles. The van der Waals surface area contributed by atoms with Crippen LogP contribution < -0.4 is 21.6 Å². The fraction of sp³-hybridized carbons (Fsp3) is 0.364. The van der Waals surface area contributed by atoms with E-state index in [1.54, 1.807) is 12.4 Å². The number of pyridine rings is 1. The predicted molar refractivity (Wildman–Crippen MR) is 173 cm³/mol. The second-order valence-electron chi connectivity index (χ2n) is 13.2. The van der Waals surface area contributed by atoms with Crippen LogP contribution in [0.25, 0.3) is 22.2 Å². The van der Waals surface area contributed by atoms with E-state index >= 15 is 0 Å². The molecule has 1 fully saturated rings. The minimum atomic E-state index is -4.40. The quantitative estimate of drug-likeness (QED) is 0.157. The number of hydrazine groups is 2. The monoisotopic (exact) mass is 649 g/mol. The molecule has 2 aromatic carbocycles. The number of anilines is 2. The molecule has 0 saturated heterocycles. The summed E-state index contributed by atoms with van der Waals surface area (Å²) in [5.74, 6) is 0. The number of aromatic nitrogens is 3. The Kier molecular flexibility index (Phi) is 7.81. The first kappa shape index (κ1) is 31.5. The third-order valence-corrected chi connectivity index (χ3v) is 8.72. The molecule has 13 heteroatoms. The van der Waals surface area contributed by atoms with Crippen molar-refractivity contribution < 1.29 is 13.2 Å². The van der Waals surface area contributed by atoms with Gasteiger partial charge in [0.2, 0.25) is 0 Å². The predicted octanol–water partition coefficient (Wildman–Crippen LogP) is 7.34. The number of aryl methyl sites for hydroxylation is 1. The van der Waals surface area contributed by atoms with Gasteiger partial charge in [-0.2, -0.15) is 18.4 Å². The number of nitriles is 1. The Morgan fingerprint density at radius 1 is 1.17 bits per heavy atom. The maximum atomic E-state index is 14.1. The molecule has 1 aliphatic heterocycles. The van der Waals surface area contributed by atoms with Crippen LogP contribution in [0.5, 0.6) is 0 Å². The van der Waals surface area contributed by atoms with Gasteiger partial charge < -0.3 is 20.6 Å². The molecule has 2 aromatic heterocycles. The molecule has 1 saturated carbocycles. The van der Waals surface area contributed by atoms with Gasteiger partial charge >= 0.3 is 6.18 Å². The van der Waals surface area contributed by atoms with E-state index in [9.17, 15) is 18.4 Å². The van der Waals surface area contributed by atoms with Gasteiger partial charge in [-0.1, -0.05) is 50.6 Å². The smallest absolute Gasteiger partial charge is 0.383 e. The number of nitrogens with one attached hydrogen (secondary N) is 4. The average Bonchev–Trinajstić information content (AvgIpc) is 3.48. The Morgan fingerprint density at radius 3 is 2.57 bits per heavy atom. The molecule has 3 heterocycles. The highest BCUT2D eigenvalue weighted by molar-refractivity contribution is 6.35. The SMILES string of the molecule is Cc1c(-c2cn(C)cn2)cccc1[C@H](Nc1cc(Cl)c2ncc(C#N)c(NCC(C)(C)C)c2c1)C1=CN(C2(C(F)(F)F)CC2)NN1. The Bertz CT molecular complexity index is 1880. The normalized spacial score (nSPS) is 16.5. The molecule has 240 valence electrons. The minimum Gasteiger partial charge on any atom is -0.383 e. The lowest BCUT2D eigenvalue weighted by Gasteiger charge is -2.28. The second-order valence-corrected chi connectivity index (χ2v) is 13.6. The Morgan fingerprint density at radius 2 is 1.93 bits per heavy atom. The molecule has 46 heavy (non-hydrogen) atoms. The molecular formula is C33H35ClF3N9. The van der Waals surface area contributed by atoms with Crippen molar-refractivity contribution in [2.45, 2.75) is 58.3 Å². The first-order chi connectivity index (χ1) is 21.7. The highest BCUT2D eigenvalue weighted by Crippen LogP contribution is 2.54. The van der Waals surface area contributed by atoms with Crippen LogP contribution in [0, 0.1) is 23.7 Å².